The van der Waals surface area contributed by atoms with Crippen LogP contribution < -0.4 is 10.1 Å². The molecule has 1 saturated heterocycles. The molecule has 0 aliphatic carbocycles. The van der Waals surface area contributed by atoms with Crippen molar-refractivity contribution in [2.24, 2.45) is 0 Å². The number of amides is 2. The summed E-state index contributed by atoms with van der Waals surface area (Å²) in [5, 5.41) is 6.25. The molecule has 2 heterocycles. The summed E-state index contributed by atoms with van der Waals surface area (Å²) >= 11 is 1.68. The number of para-hydroxylation sites is 2. The molecule has 0 atom stereocenters. The summed E-state index contributed by atoms with van der Waals surface area (Å²) in [6.07, 6.45) is 0. The van der Waals surface area contributed by atoms with E-state index >= 15 is 0 Å². The highest BCUT2D eigenvalue weighted by atomic mass is 32.1. The molecule has 2 amide bonds. The molecular formula is C22H33N5O2S. The molecule has 1 aliphatic heterocycles. The van der Waals surface area contributed by atoms with E-state index < -0.39 is 0 Å². The van der Waals surface area contributed by atoms with Gasteiger partial charge in [-0.25, -0.2) is 9.78 Å². The summed E-state index contributed by atoms with van der Waals surface area (Å²) in [5.74, 6) is 0.718. The van der Waals surface area contributed by atoms with Crippen LogP contribution in [0.1, 0.15) is 24.5 Å². The Labute approximate surface area is 183 Å². The lowest BCUT2D eigenvalue weighted by Crippen LogP contribution is -2.49. The second-order valence-electron chi connectivity index (χ2n) is 7.42. The molecule has 1 fully saturated rings. The highest BCUT2D eigenvalue weighted by molar-refractivity contribution is 7.09. The molecule has 0 radical (unpaired) electrons. The minimum absolute atomic E-state index is 0.0704. The van der Waals surface area contributed by atoms with Gasteiger partial charge in [-0.05, 0) is 32.1 Å². The number of hydrogen-bond donors (Lipinski definition) is 1. The van der Waals surface area contributed by atoms with Gasteiger partial charge in [0.1, 0.15) is 12.4 Å². The van der Waals surface area contributed by atoms with Crippen molar-refractivity contribution in [2.75, 3.05) is 57.7 Å². The zero-order valence-corrected chi connectivity index (χ0v) is 19.1. The first-order valence-corrected chi connectivity index (χ1v) is 11.6. The average molecular weight is 432 g/mol. The molecule has 1 aromatic carbocycles. The Morgan fingerprint density at radius 2 is 1.93 bits per heavy atom. The van der Waals surface area contributed by atoms with Gasteiger partial charge in [0.25, 0.3) is 0 Å². The maximum atomic E-state index is 12.8. The fourth-order valence-corrected chi connectivity index (χ4v) is 4.14. The normalized spacial score (nSPS) is 14.9. The number of rotatable bonds is 9. The second kappa shape index (κ2) is 11.3. The van der Waals surface area contributed by atoms with Gasteiger partial charge in [0, 0.05) is 44.6 Å². The first-order chi connectivity index (χ1) is 14.6. The van der Waals surface area contributed by atoms with Crippen molar-refractivity contribution in [2.45, 2.75) is 27.3 Å². The molecule has 30 heavy (non-hydrogen) atoms. The quantitative estimate of drug-likeness (QED) is 0.658. The highest BCUT2D eigenvalue weighted by Gasteiger charge is 2.22. The van der Waals surface area contributed by atoms with E-state index in [-0.39, 0.29) is 6.03 Å². The number of urea groups is 1. The number of nitrogens with one attached hydrogen (secondary N) is 1. The average Bonchev–Trinajstić information content (AvgIpc) is 3.17. The lowest BCUT2D eigenvalue weighted by atomic mass is 10.3. The molecule has 0 saturated carbocycles. The van der Waals surface area contributed by atoms with Gasteiger partial charge in [-0.3, -0.25) is 4.90 Å². The van der Waals surface area contributed by atoms with E-state index in [9.17, 15) is 4.79 Å². The predicted octanol–water partition coefficient (Wildman–Crippen LogP) is 3.52. The van der Waals surface area contributed by atoms with Crippen molar-refractivity contribution < 1.29 is 9.53 Å². The van der Waals surface area contributed by atoms with Crippen molar-refractivity contribution in [1.29, 1.82) is 0 Å². The van der Waals surface area contributed by atoms with Gasteiger partial charge >= 0.3 is 6.03 Å². The molecule has 0 spiro atoms. The van der Waals surface area contributed by atoms with E-state index in [0.29, 0.717) is 19.7 Å². The Kier molecular flexibility index (Phi) is 8.48. The molecule has 8 heteroatoms. The number of ether oxygens (including phenoxy) is 1. The zero-order valence-electron chi connectivity index (χ0n) is 18.3. The Bertz CT molecular complexity index is 800. The van der Waals surface area contributed by atoms with Crippen molar-refractivity contribution in [1.82, 2.24) is 19.7 Å². The minimum Gasteiger partial charge on any atom is -0.490 e. The Hall–Kier alpha value is -2.16. The van der Waals surface area contributed by atoms with Gasteiger partial charge in [-0.2, -0.15) is 0 Å². The van der Waals surface area contributed by atoms with Crippen LogP contribution >= 0.6 is 11.3 Å². The molecule has 7 nitrogen and oxygen atoms in total. The van der Waals surface area contributed by atoms with Crippen LogP contribution in [0.4, 0.5) is 10.5 Å². The summed E-state index contributed by atoms with van der Waals surface area (Å²) in [6, 6.07) is 7.58. The summed E-state index contributed by atoms with van der Waals surface area (Å²) in [4.78, 5) is 23.9. The zero-order chi connectivity index (χ0) is 21.3. The number of hydrogen-bond acceptors (Lipinski definition) is 6. The molecule has 1 aromatic heterocycles. The fraction of sp³-hybridized carbons (Fsp3) is 0.545. The van der Waals surface area contributed by atoms with Crippen LogP contribution in [-0.4, -0.2) is 78.1 Å². The van der Waals surface area contributed by atoms with Crippen LogP contribution in [0.2, 0.25) is 0 Å². The Morgan fingerprint density at radius 3 is 2.60 bits per heavy atom. The third-order valence-corrected chi connectivity index (χ3v) is 6.22. The van der Waals surface area contributed by atoms with Crippen LogP contribution in [-0.2, 0) is 6.54 Å². The van der Waals surface area contributed by atoms with E-state index in [1.54, 1.807) is 11.3 Å². The van der Waals surface area contributed by atoms with E-state index in [2.05, 4.69) is 39.3 Å². The SMILES string of the molecule is CCN(CC)CCOc1ccccc1NC(=O)N1CCN(Cc2csc(C)n2)CC1. The van der Waals surface area contributed by atoms with Gasteiger partial charge in [0.05, 0.1) is 16.4 Å². The van der Waals surface area contributed by atoms with Gasteiger partial charge < -0.3 is 19.9 Å². The standard InChI is InChI=1S/C22H33N5O2S/c1-4-25(5-2)14-15-29-21-9-7-6-8-20(21)24-22(28)27-12-10-26(11-13-27)16-19-17-30-18(3)23-19/h6-9,17H,4-5,10-16H2,1-3H3,(H,24,28). The van der Waals surface area contributed by atoms with E-state index in [1.807, 2.05) is 36.1 Å². The number of anilines is 1. The molecular weight excluding hydrogens is 398 g/mol. The molecule has 1 aliphatic rings. The number of benzene rings is 1. The topological polar surface area (TPSA) is 60.9 Å². The molecule has 1 N–H and O–H groups in total. The summed E-state index contributed by atoms with van der Waals surface area (Å²) in [5.41, 5.74) is 1.84. The second-order valence-corrected chi connectivity index (χ2v) is 8.48. The highest BCUT2D eigenvalue weighted by Crippen LogP contribution is 2.24. The number of carbonyl (C=O) groups excluding carboxylic acids is 1. The number of piperazine rings is 1. The fourth-order valence-electron chi connectivity index (χ4n) is 3.53. The predicted molar refractivity (Wildman–Crippen MR) is 122 cm³/mol. The molecule has 0 bridgehead atoms. The van der Waals surface area contributed by atoms with Gasteiger partial charge in [0.2, 0.25) is 0 Å². The Morgan fingerprint density at radius 1 is 1.20 bits per heavy atom. The summed E-state index contributed by atoms with van der Waals surface area (Å²) in [7, 11) is 0. The van der Waals surface area contributed by atoms with Crippen LogP contribution in [0.15, 0.2) is 29.6 Å². The maximum absolute atomic E-state index is 12.8. The monoisotopic (exact) mass is 431 g/mol. The summed E-state index contributed by atoms with van der Waals surface area (Å²) in [6.45, 7) is 13.8. The van der Waals surface area contributed by atoms with Crippen LogP contribution in [0, 0.1) is 6.92 Å². The molecule has 0 unspecified atom stereocenters. The lowest BCUT2D eigenvalue weighted by Gasteiger charge is -2.34. The summed E-state index contributed by atoms with van der Waals surface area (Å²) < 4.78 is 5.96. The van der Waals surface area contributed by atoms with Crippen LogP contribution in [0.3, 0.4) is 0 Å². The van der Waals surface area contributed by atoms with Crippen molar-refractivity contribution in [3.63, 3.8) is 0 Å². The third-order valence-electron chi connectivity index (χ3n) is 5.40. The number of nitrogens with zero attached hydrogens (tertiary/aromatic N) is 4. The van der Waals surface area contributed by atoms with Gasteiger partial charge in [0.15, 0.2) is 0 Å². The van der Waals surface area contributed by atoms with Crippen molar-refractivity contribution in [3.8, 4) is 5.75 Å². The van der Waals surface area contributed by atoms with E-state index in [4.69, 9.17) is 4.74 Å². The maximum Gasteiger partial charge on any atom is 0.322 e. The number of carbonyl (C=O) groups is 1. The number of thiazole rings is 1. The Balaban J connectivity index is 1.48. The van der Waals surface area contributed by atoms with Crippen LogP contribution in [0.25, 0.3) is 0 Å². The van der Waals surface area contributed by atoms with Crippen molar-refractivity contribution in [3.05, 3.63) is 40.3 Å². The van der Waals surface area contributed by atoms with Gasteiger partial charge in [-0.15, -0.1) is 11.3 Å². The van der Waals surface area contributed by atoms with E-state index in [0.717, 1.165) is 61.4 Å². The molecule has 164 valence electrons. The van der Waals surface area contributed by atoms with Crippen molar-refractivity contribution >= 4 is 23.1 Å². The van der Waals surface area contributed by atoms with E-state index in [1.165, 1.54) is 0 Å². The molecule has 2 aromatic rings. The number of likely N-dealkylation sites (N-methyl/N-ethyl adjacent to an activating group) is 1. The first kappa shape index (κ1) is 22.5. The van der Waals surface area contributed by atoms with Crippen LogP contribution in [0.5, 0.6) is 5.75 Å². The number of aromatic nitrogens is 1. The third kappa shape index (κ3) is 6.42. The first-order valence-electron chi connectivity index (χ1n) is 10.7. The van der Waals surface area contributed by atoms with Gasteiger partial charge in [-0.1, -0.05) is 26.0 Å². The smallest absolute Gasteiger partial charge is 0.322 e. The minimum atomic E-state index is -0.0704. The number of aryl methyl sites for hydroxylation is 1. The molecule has 3 rings (SSSR count). The lowest BCUT2D eigenvalue weighted by molar-refractivity contribution is 0.142. The largest absolute Gasteiger partial charge is 0.490 e.